The number of nitrogens with zero attached hydrogens (tertiary/aromatic N) is 3. The van der Waals surface area contributed by atoms with E-state index in [1.165, 1.54) is 27.7 Å². The third-order valence-corrected chi connectivity index (χ3v) is 12.2. The molecule has 0 spiro atoms. The van der Waals surface area contributed by atoms with Gasteiger partial charge in [-0.2, -0.15) is 13.2 Å². The molecule has 3 saturated heterocycles. The topological polar surface area (TPSA) is 260 Å². The molecule has 3 fully saturated rings. The van der Waals surface area contributed by atoms with E-state index in [4.69, 9.17) is 52.1 Å². The summed E-state index contributed by atoms with van der Waals surface area (Å²) in [6.45, 7) is 9.14. The Kier molecular flexibility index (Phi) is 22.0. The number of nitrogens with one attached hydrogen (secondary N) is 2. The third-order valence-electron chi connectivity index (χ3n) is 12.2. The largest absolute Gasteiger partial charge is 0.471 e. The van der Waals surface area contributed by atoms with Gasteiger partial charge < -0.3 is 62.7 Å². The molecule has 0 aromatic heterocycles. The molecular weight excluding hydrogens is 960 g/mol. The Hall–Kier alpha value is -5.43. The van der Waals surface area contributed by atoms with E-state index in [1.807, 2.05) is 60.7 Å². The summed E-state index contributed by atoms with van der Waals surface area (Å²) in [6, 6.07) is 16.4. The van der Waals surface area contributed by atoms with E-state index >= 15 is 0 Å². The van der Waals surface area contributed by atoms with Crippen molar-refractivity contribution in [3.8, 4) is 0 Å². The Morgan fingerprint density at radius 1 is 0.667 bits per heavy atom. The van der Waals surface area contributed by atoms with Crippen molar-refractivity contribution in [1.82, 2.24) is 10.6 Å². The van der Waals surface area contributed by atoms with E-state index in [0.717, 1.165) is 11.1 Å². The van der Waals surface area contributed by atoms with Gasteiger partial charge in [-0.05, 0) is 23.1 Å². The molecular formula is C48H64F3N5O16. The zero-order chi connectivity index (χ0) is 52.5. The van der Waals surface area contributed by atoms with E-state index in [1.54, 1.807) is 26.1 Å². The maximum Gasteiger partial charge on any atom is 0.471 e. The fraction of sp³-hybridized carbons (Fsp3) is 0.646. The van der Waals surface area contributed by atoms with Gasteiger partial charge in [0.25, 0.3) is 0 Å². The summed E-state index contributed by atoms with van der Waals surface area (Å²) >= 11 is 0. The molecule has 24 heteroatoms. The quantitative estimate of drug-likeness (QED) is 0.0372. The van der Waals surface area contributed by atoms with Gasteiger partial charge in [0.2, 0.25) is 5.91 Å². The van der Waals surface area contributed by atoms with Crippen LogP contribution in [0.4, 0.5) is 13.2 Å². The lowest BCUT2D eigenvalue weighted by atomic mass is 9.87. The van der Waals surface area contributed by atoms with Crippen LogP contribution in [0.2, 0.25) is 0 Å². The van der Waals surface area contributed by atoms with Gasteiger partial charge in [-0.15, -0.1) is 0 Å². The highest BCUT2D eigenvalue weighted by Gasteiger charge is 2.55. The fourth-order valence-corrected chi connectivity index (χ4v) is 8.67. The minimum absolute atomic E-state index is 0.0514. The minimum Gasteiger partial charge on any atom is -0.463 e. The Morgan fingerprint density at radius 3 is 1.76 bits per heavy atom. The molecule has 2 amide bonds. The smallest absolute Gasteiger partial charge is 0.463 e. The van der Waals surface area contributed by atoms with Crippen LogP contribution in [0.1, 0.15) is 66.0 Å². The molecule has 5 rings (SSSR count). The summed E-state index contributed by atoms with van der Waals surface area (Å²) in [5.74, 6) is -6.89. The van der Waals surface area contributed by atoms with Gasteiger partial charge in [-0.3, -0.25) is 24.0 Å². The number of carbonyl (C=O) groups is 5. The molecule has 15 atom stereocenters. The Labute approximate surface area is 414 Å². The van der Waals surface area contributed by atoms with Gasteiger partial charge in [-0.25, -0.2) is 0 Å². The lowest BCUT2D eigenvalue weighted by molar-refractivity contribution is -0.359. The SMILES string of the molecule is CC(=O)NC1[C@H](OCCCNC(=O)C(F)(F)F)OC(COCc2ccccc2)[C@@H](O[C@@H]2OC(COCc3ccccc3)[C@H](C)[C@H](O[C@H]3OC(COC(C)=O)[C@H](OC(C)=O)[C@H](C)C3N=[N+]=[N-])C2OC(C)=O)[C@@H]1C. The van der Waals surface area contributed by atoms with Gasteiger partial charge in [0.15, 0.2) is 25.0 Å². The Morgan fingerprint density at radius 2 is 1.21 bits per heavy atom. The summed E-state index contributed by atoms with van der Waals surface area (Å²) in [7, 11) is 0. The summed E-state index contributed by atoms with van der Waals surface area (Å²) in [5.41, 5.74) is 11.5. The number of amides is 2. The fourth-order valence-electron chi connectivity index (χ4n) is 8.67. The van der Waals surface area contributed by atoms with E-state index < -0.39 is 127 Å². The van der Waals surface area contributed by atoms with Crippen LogP contribution < -0.4 is 10.6 Å². The summed E-state index contributed by atoms with van der Waals surface area (Å²) in [4.78, 5) is 64.6. The third kappa shape index (κ3) is 16.8. The van der Waals surface area contributed by atoms with Crippen LogP contribution in [-0.4, -0.2) is 143 Å². The summed E-state index contributed by atoms with van der Waals surface area (Å²) in [6.07, 6.45) is -17.0. The zero-order valence-corrected chi connectivity index (χ0v) is 41.1. The van der Waals surface area contributed by atoms with Gasteiger partial charge in [0.1, 0.15) is 31.0 Å². The predicted octanol–water partition coefficient (Wildman–Crippen LogP) is 4.97. The lowest BCUT2D eigenvalue weighted by Gasteiger charge is -2.51. The van der Waals surface area contributed by atoms with Gasteiger partial charge in [0.05, 0.1) is 57.3 Å². The molecule has 72 heavy (non-hydrogen) atoms. The standard InChI is InChI=1S/C48H64F3N5O16/c1-26-35(23-62-21-33-15-10-8-11-16-33)68-46(43(67-32(7)60)42(26)72-45-39(55-56-52)28(3)40(66-31(6)59)37(70-45)25-65-30(5)58)71-41-27(2)38(54-29(4)57)44(64-20-14-19-53-47(61)48(49,50)51)69-36(41)24-63-22-34-17-12-9-13-18-34/h8-13,15-18,26-28,35-46H,14,19-25H2,1-7H3,(H,53,61)(H,54,57)/t26-,27+,28+,35?,36?,37?,38?,39?,40+,41-,42-,43?,44+,45+,46-/m0/s1. The molecule has 2 aromatic rings. The molecule has 0 aliphatic carbocycles. The normalized spacial score (nSPS) is 30.5. The molecule has 6 unspecified atom stereocenters. The Bertz CT molecular complexity index is 2120. The van der Waals surface area contributed by atoms with Crippen LogP contribution in [0.25, 0.3) is 10.4 Å². The van der Waals surface area contributed by atoms with Gasteiger partial charge in [0, 0.05) is 56.9 Å². The highest BCUT2D eigenvalue weighted by atomic mass is 19.4. The van der Waals surface area contributed by atoms with Crippen molar-refractivity contribution in [3.63, 3.8) is 0 Å². The number of carbonyl (C=O) groups excluding carboxylic acids is 5. The van der Waals surface area contributed by atoms with Crippen LogP contribution >= 0.6 is 0 Å². The van der Waals surface area contributed by atoms with E-state index in [9.17, 15) is 42.7 Å². The Balaban J connectivity index is 1.51. The number of ether oxygens (including phenoxy) is 11. The second-order valence-electron chi connectivity index (χ2n) is 17.8. The predicted molar refractivity (Wildman–Crippen MR) is 243 cm³/mol. The first-order chi connectivity index (χ1) is 34.3. The van der Waals surface area contributed by atoms with E-state index in [-0.39, 0.29) is 52.6 Å². The van der Waals surface area contributed by atoms with Crippen molar-refractivity contribution in [3.05, 3.63) is 82.2 Å². The first-order valence-corrected chi connectivity index (χ1v) is 23.5. The van der Waals surface area contributed by atoms with Crippen LogP contribution in [0.15, 0.2) is 65.8 Å². The average molecular weight is 1020 g/mol. The maximum atomic E-state index is 13.1. The van der Waals surface area contributed by atoms with Crippen molar-refractivity contribution in [2.75, 3.05) is 33.0 Å². The number of rotatable bonds is 23. The number of hydrogen-bond acceptors (Lipinski definition) is 17. The second-order valence-corrected chi connectivity index (χ2v) is 17.8. The van der Waals surface area contributed by atoms with Crippen molar-refractivity contribution < 1.29 is 89.2 Å². The van der Waals surface area contributed by atoms with Crippen molar-refractivity contribution in [1.29, 1.82) is 0 Å². The minimum atomic E-state index is -5.07. The molecule has 21 nitrogen and oxygen atoms in total. The van der Waals surface area contributed by atoms with Crippen LogP contribution in [0.3, 0.4) is 0 Å². The molecule has 0 radical (unpaired) electrons. The molecule has 0 saturated carbocycles. The van der Waals surface area contributed by atoms with E-state index in [2.05, 4.69) is 15.3 Å². The average Bonchev–Trinajstić information content (AvgIpc) is 3.32. The highest BCUT2D eigenvalue weighted by Crippen LogP contribution is 2.40. The number of alkyl halides is 3. The molecule has 2 aromatic carbocycles. The van der Waals surface area contributed by atoms with Crippen LogP contribution in [0.5, 0.6) is 0 Å². The maximum absolute atomic E-state index is 13.1. The van der Waals surface area contributed by atoms with Crippen LogP contribution in [-0.2, 0) is 89.3 Å². The molecule has 0 bridgehead atoms. The summed E-state index contributed by atoms with van der Waals surface area (Å²) < 4.78 is 107. The molecule has 3 aliphatic rings. The monoisotopic (exact) mass is 1020 g/mol. The number of azide groups is 1. The first-order valence-electron chi connectivity index (χ1n) is 23.5. The summed E-state index contributed by atoms with van der Waals surface area (Å²) in [5, 5.41) is 8.61. The lowest BCUT2D eigenvalue weighted by Crippen LogP contribution is -2.65. The number of benzene rings is 2. The second kappa shape index (κ2) is 27.6. The van der Waals surface area contributed by atoms with Crippen LogP contribution in [0, 0.1) is 17.8 Å². The van der Waals surface area contributed by atoms with Crippen molar-refractivity contribution in [2.24, 2.45) is 22.9 Å². The van der Waals surface area contributed by atoms with Gasteiger partial charge >= 0.3 is 30.0 Å². The molecule has 398 valence electrons. The van der Waals surface area contributed by atoms with Crippen molar-refractivity contribution >= 4 is 29.7 Å². The number of esters is 3. The van der Waals surface area contributed by atoms with Gasteiger partial charge in [-0.1, -0.05) is 86.5 Å². The highest BCUT2D eigenvalue weighted by molar-refractivity contribution is 5.81. The number of halogens is 3. The zero-order valence-electron chi connectivity index (χ0n) is 41.1. The van der Waals surface area contributed by atoms with Crippen molar-refractivity contribution in [2.45, 2.75) is 148 Å². The number of hydrogen-bond donors (Lipinski definition) is 2. The first kappa shape index (κ1) is 57.5. The van der Waals surface area contributed by atoms with E-state index in [0.29, 0.717) is 0 Å². The molecule has 3 aliphatic heterocycles. The molecule has 2 N–H and O–H groups in total. The molecule has 3 heterocycles.